The fourth-order valence-corrected chi connectivity index (χ4v) is 4.40. The van der Waals surface area contributed by atoms with Crippen LogP contribution in [0.25, 0.3) is 0 Å². The predicted molar refractivity (Wildman–Crippen MR) is 106 cm³/mol. The van der Waals surface area contributed by atoms with Gasteiger partial charge >= 0.3 is 5.69 Å². The maximum atomic E-state index is 13.2. The molecule has 1 amide bonds. The van der Waals surface area contributed by atoms with E-state index in [1.807, 2.05) is 29.3 Å². The summed E-state index contributed by atoms with van der Waals surface area (Å²) in [4.78, 5) is 40.7. The van der Waals surface area contributed by atoms with E-state index in [0.717, 1.165) is 24.1 Å². The molecule has 7 nitrogen and oxygen atoms in total. The number of amides is 1. The quantitative estimate of drug-likeness (QED) is 0.788. The van der Waals surface area contributed by atoms with E-state index in [-0.39, 0.29) is 35.7 Å². The number of hydrogen-bond acceptors (Lipinski definition) is 5. The van der Waals surface area contributed by atoms with Crippen molar-refractivity contribution in [2.45, 2.75) is 32.4 Å². The fraction of sp³-hybridized carbons (Fsp3) is 0.526. The van der Waals surface area contributed by atoms with Crippen LogP contribution in [0, 0.1) is 5.92 Å². The molecule has 2 atom stereocenters. The number of aromatic nitrogens is 2. The largest absolute Gasteiger partial charge is 0.334 e. The fourth-order valence-electron chi connectivity index (χ4n) is 3.57. The minimum Gasteiger partial charge on any atom is -0.334 e. The normalized spacial score (nSPS) is 17.8. The van der Waals surface area contributed by atoms with Crippen molar-refractivity contribution in [2.75, 3.05) is 13.1 Å². The molecular formula is C19H26N4O3S. The Labute approximate surface area is 162 Å². The van der Waals surface area contributed by atoms with Crippen LogP contribution >= 0.6 is 11.3 Å². The van der Waals surface area contributed by atoms with E-state index in [9.17, 15) is 14.4 Å². The molecular weight excluding hydrogens is 364 g/mol. The highest BCUT2D eigenvalue weighted by atomic mass is 32.1. The molecule has 3 heterocycles. The maximum Gasteiger partial charge on any atom is 0.330 e. The summed E-state index contributed by atoms with van der Waals surface area (Å²) in [6.45, 7) is 3.75. The van der Waals surface area contributed by atoms with Crippen LogP contribution in [0.2, 0.25) is 0 Å². The summed E-state index contributed by atoms with van der Waals surface area (Å²) < 4.78 is 2.49. The molecule has 0 spiro atoms. The lowest BCUT2D eigenvalue weighted by atomic mass is 10.0. The summed E-state index contributed by atoms with van der Waals surface area (Å²) in [5.41, 5.74) is -0.244. The molecule has 0 radical (unpaired) electrons. The molecule has 1 aliphatic heterocycles. The van der Waals surface area contributed by atoms with Gasteiger partial charge in [-0.25, -0.2) is 4.79 Å². The zero-order chi connectivity index (χ0) is 19.6. The van der Waals surface area contributed by atoms with Crippen LogP contribution < -0.4 is 16.6 Å². The van der Waals surface area contributed by atoms with Gasteiger partial charge in [-0.15, -0.1) is 11.3 Å². The summed E-state index contributed by atoms with van der Waals surface area (Å²) in [7, 11) is 3.09. The van der Waals surface area contributed by atoms with Crippen molar-refractivity contribution in [1.82, 2.24) is 19.4 Å². The average molecular weight is 391 g/mol. The molecule has 2 aromatic heterocycles. The van der Waals surface area contributed by atoms with Crippen molar-refractivity contribution in [1.29, 1.82) is 0 Å². The van der Waals surface area contributed by atoms with Crippen LogP contribution in [0.15, 0.2) is 33.3 Å². The average Bonchev–Trinajstić information content (AvgIpc) is 3.35. The van der Waals surface area contributed by atoms with Gasteiger partial charge in [0.15, 0.2) is 0 Å². The zero-order valence-corrected chi connectivity index (χ0v) is 16.8. The number of nitrogens with one attached hydrogen (secondary N) is 1. The van der Waals surface area contributed by atoms with Crippen molar-refractivity contribution in [3.63, 3.8) is 0 Å². The highest BCUT2D eigenvalue weighted by Crippen LogP contribution is 2.20. The van der Waals surface area contributed by atoms with Crippen LogP contribution in [0.5, 0.6) is 0 Å². The third-order valence-electron chi connectivity index (χ3n) is 5.13. The van der Waals surface area contributed by atoms with E-state index in [0.29, 0.717) is 12.0 Å². The van der Waals surface area contributed by atoms with Gasteiger partial charge in [0.25, 0.3) is 5.56 Å². The third-order valence-corrected chi connectivity index (χ3v) is 6.02. The molecule has 8 heteroatoms. The van der Waals surface area contributed by atoms with Crippen LogP contribution in [0.1, 0.15) is 23.8 Å². The number of aryl methyl sites for hydroxylation is 1. The Bertz CT molecular complexity index is 910. The first-order valence-electron chi connectivity index (χ1n) is 9.17. The summed E-state index contributed by atoms with van der Waals surface area (Å²) >= 11 is 1.65. The Kier molecular flexibility index (Phi) is 5.96. The van der Waals surface area contributed by atoms with Gasteiger partial charge < -0.3 is 14.8 Å². The Morgan fingerprint density at radius 1 is 1.41 bits per heavy atom. The first-order valence-corrected chi connectivity index (χ1v) is 10.1. The van der Waals surface area contributed by atoms with E-state index >= 15 is 0 Å². The first kappa shape index (κ1) is 19.6. The molecule has 2 aromatic rings. The topological polar surface area (TPSA) is 76.3 Å². The number of nitrogens with zero attached hydrogens (tertiary/aromatic N) is 3. The van der Waals surface area contributed by atoms with Crippen molar-refractivity contribution in [2.24, 2.45) is 20.0 Å². The molecule has 0 aliphatic carbocycles. The van der Waals surface area contributed by atoms with Crippen LogP contribution in [-0.2, 0) is 31.9 Å². The van der Waals surface area contributed by atoms with E-state index in [4.69, 9.17) is 0 Å². The standard InChI is InChI=1S/C19H26N4O3S/c1-13(9-16-5-4-8-27-16)17(24)23(15-6-7-20-10-15)12-14-11-21(2)19(26)22(3)18(14)25/h4-5,8,11,13,15,20H,6-7,9-10,12H2,1-3H3. The van der Waals surface area contributed by atoms with Gasteiger partial charge in [-0.3, -0.25) is 14.2 Å². The number of thiophene rings is 1. The lowest BCUT2D eigenvalue weighted by Gasteiger charge is -2.31. The molecule has 146 valence electrons. The Balaban J connectivity index is 1.87. The first-order chi connectivity index (χ1) is 12.9. The van der Waals surface area contributed by atoms with E-state index in [1.165, 1.54) is 16.5 Å². The van der Waals surface area contributed by atoms with Crippen molar-refractivity contribution < 1.29 is 4.79 Å². The summed E-state index contributed by atoms with van der Waals surface area (Å²) in [5, 5.41) is 5.31. The summed E-state index contributed by atoms with van der Waals surface area (Å²) in [6, 6.07) is 4.09. The Morgan fingerprint density at radius 2 is 2.19 bits per heavy atom. The second kappa shape index (κ2) is 8.22. The minimum atomic E-state index is -0.366. The molecule has 1 aliphatic rings. The molecule has 0 aromatic carbocycles. The second-order valence-electron chi connectivity index (χ2n) is 7.21. The predicted octanol–water partition coefficient (Wildman–Crippen LogP) is 0.715. The Hall–Kier alpha value is -2.19. The van der Waals surface area contributed by atoms with Crippen molar-refractivity contribution in [3.8, 4) is 0 Å². The van der Waals surface area contributed by atoms with Gasteiger partial charge in [0.2, 0.25) is 5.91 Å². The molecule has 1 saturated heterocycles. The van der Waals surface area contributed by atoms with Crippen LogP contribution in [0.4, 0.5) is 0 Å². The number of carbonyl (C=O) groups is 1. The SMILES string of the molecule is CC(Cc1cccs1)C(=O)N(Cc1cn(C)c(=O)n(C)c1=O)C1CCNC1. The Morgan fingerprint density at radius 3 is 2.81 bits per heavy atom. The van der Waals surface area contributed by atoms with Crippen molar-refractivity contribution in [3.05, 3.63) is 55.0 Å². The van der Waals surface area contributed by atoms with Gasteiger partial charge in [-0.2, -0.15) is 0 Å². The number of hydrogen-bond donors (Lipinski definition) is 1. The number of carbonyl (C=O) groups excluding carboxylic acids is 1. The van der Waals surface area contributed by atoms with E-state index in [1.54, 1.807) is 24.6 Å². The highest BCUT2D eigenvalue weighted by Gasteiger charge is 2.30. The monoisotopic (exact) mass is 390 g/mol. The minimum absolute atomic E-state index is 0.0491. The van der Waals surface area contributed by atoms with Crippen molar-refractivity contribution >= 4 is 17.2 Å². The van der Waals surface area contributed by atoms with E-state index < -0.39 is 0 Å². The van der Waals surface area contributed by atoms with E-state index in [2.05, 4.69) is 5.32 Å². The molecule has 2 unspecified atom stereocenters. The molecule has 0 bridgehead atoms. The molecule has 1 fully saturated rings. The summed E-state index contributed by atoms with van der Waals surface area (Å²) in [6.07, 6.45) is 3.11. The van der Waals surface area contributed by atoms with Gasteiger partial charge in [-0.05, 0) is 30.8 Å². The zero-order valence-electron chi connectivity index (χ0n) is 16.0. The lowest BCUT2D eigenvalue weighted by molar-refractivity contribution is -0.137. The molecule has 3 rings (SSSR count). The molecule has 1 N–H and O–H groups in total. The van der Waals surface area contributed by atoms with Gasteiger partial charge in [0.05, 0.1) is 12.1 Å². The van der Waals surface area contributed by atoms with Crippen LogP contribution in [0.3, 0.4) is 0 Å². The molecule has 0 saturated carbocycles. The smallest absolute Gasteiger partial charge is 0.330 e. The highest BCUT2D eigenvalue weighted by molar-refractivity contribution is 7.09. The number of rotatable bonds is 6. The maximum absolute atomic E-state index is 13.2. The van der Waals surface area contributed by atoms with Gasteiger partial charge in [-0.1, -0.05) is 13.0 Å². The summed E-state index contributed by atoms with van der Waals surface area (Å²) in [5.74, 6) is -0.117. The van der Waals surface area contributed by atoms with Gasteiger partial charge in [0.1, 0.15) is 0 Å². The van der Waals surface area contributed by atoms with Crippen LogP contribution in [-0.4, -0.2) is 39.1 Å². The molecule has 27 heavy (non-hydrogen) atoms. The lowest BCUT2D eigenvalue weighted by Crippen LogP contribution is -2.46. The van der Waals surface area contributed by atoms with Gasteiger partial charge in [0, 0.05) is 43.7 Å². The second-order valence-corrected chi connectivity index (χ2v) is 8.24. The third kappa shape index (κ3) is 4.22.